The molecule has 1 aromatic heterocycles. The molecule has 4 heteroatoms. The van der Waals surface area contributed by atoms with Gasteiger partial charge in [0, 0.05) is 6.07 Å². The predicted octanol–water partition coefficient (Wildman–Crippen LogP) is 2.41. The third-order valence-electron chi connectivity index (χ3n) is 3.24. The van der Waals surface area contributed by atoms with Gasteiger partial charge in [0.05, 0.1) is 0 Å². The Kier molecular flexibility index (Phi) is 2.99. The molecule has 0 spiro atoms. The van der Waals surface area contributed by atoms with E-state index in [-0.39, 0.29) is 6.10 Å². The monoisotopic (exact) mass is 221 g/mol. The highest BCUT2D eigenvalue weighted by atomic mass is 16.5. The Morgan fingerprint density at radius 2 is 2.00 bits per heavy atom. The highest BCUT2D eigenvalue weighted by Crippen LogP contribution is 2.36. The third kappa shape index (κ3) is 2.84. The molecule has 0 unspecified atom stereocenters. The average molecular weight is 221 g/mol. The molecule has 0 atom stereocenters. The van der Waals surface area contributed by atoms with Crippen LogP contribution in [0.25, 0.3) is 0 Å². The van der Waals surface area contributed by atoms with Gasteiger partial charge in [0.1, 0.15) is 18.2 Å². The normalized spacial score (nSPS) is 20.6. The summed E-state index contributed by atoms with van der Waals surface area (Å²) in [6.45, 7) is 4.62. The van der Waals surface area contributed by atoms with Crippen LogP contribution < -0.4 is 10.5 Å². The molecule has 1 saturated carbocycles. The van der Waals surface area contributed by atoms with Crippen LogP contribution >= 0.6 is 0 Å². The second kappa shape index (κ2) is 4.28. The van der Waals surface area contributed by atoms with Crippen molar-refractivity contribution in [1.82, 2.24) is 9.97 Å². The van der Waals surface area contributed by atoms with Gasteiger partial charge in [0.2, 0.25) is 5.88 Å². The lowest BCUT2D eigenvalue weighted by Crippen LogP contribution is -2.28. The van der Waals surface area contributed by atoms with Crippen LogP contribution in [0, 0.1) is 5.41 Å². The molecule has 1 aliphatic rings. The van der Waals surface area contributed by atoms with Gasteiger partial charge in [-0.05, 0) is 31.1 Å². The number of ether oxygens (including phenoxy) is 1. The first kappa shape index (κ1) is 11.2. The quantitative estimate of drug-likeness (QED) is 0.833. The number of hydrogen-bond donors (Lipinski definition) is 1. The Hall–Kier alpha value is -1.32. The van der Waals surface area contributed by atoms with Gasteiger partial charge in [-0.3, -0.25) is 0 Å². The van der Waals surface area contributed by atoms with Gasteiger partial charge in [-0.25, -0.2) is 9.97 Å². The summed E-state index contributed by atoms with van der Waals surface area (Å²) in [7, 11) is 0. The van der Waals surface area contributed by atoms with E-state index < -0.39 is 0 Å². The molecule has 0 aromatic carbocycles. The molecule has 1 heterocycles. The standard InChI is InChI=1S/C12H19N3O/c1-12(2)5-3-9(4-6-12)16-11-7-10(13)14-8-15-11/h7-9H,3-6H2,1-2H3,(H2,13,14,15). The van der Waals surface area contributed by atoms with Crippen molar-refractivity contribution in [3.8, 4) is 5.88 Å². The Morgan fingerprint density at radius 1 is 1.31 bits per heavy atom. The Balaban J connectivity index is 1.92. The number of nitrogens with zero attached hydrogens (tertiary/aromatic N) is 2. The lowest BCUT2D eigenvalue weighted by Gasteiger charge is -2.34. The van der Waals surface area contributed by atoms with Crippen molar-refractivity contribution in [2.45, 2.75) is 45.6 Å². The first-order valence-corrected chi connectivity index (χ1v) is 5.79. The number of nitrogens with two attached hydrogens (primary N) is 1. The summed E-state index contributed by atoms with van der Waals surface area (Å²) in [6.07, 6.45) is 6.32. The zero-order valence-corrected chi connectivity index (χ0v) is 9.94. The molecule has 1 aliphatic carbocycles. The van der Waals surface area contributed by atoms with Crippen LogP contribution in [0.4, 0.5) is 5.82 Å². The third-order valence-corrected chi connectivity index (χ3v) is 3.24. The summed E-state index contributed by atoms with van der Waals surface area (Å²) in [5, 5.41) is 0. The first-order valence-electron chi connectivity index (χ1n) is 5.79. The summed E-state index contributed by atoms with van der Waals surface area (Å²) in [6, 6.07) is 1.68. The smallest absolute Gasteiger partial charge is 0.218 e. The molecule has 16 heavy (non-hydrogen) atoms. The van der Waals surface area contributed by atoms with Gasteiger partial charge in [-0.15, -0.1) is 0 Å². The molecule has 0 bridgehead atoms. The Labute approximate surface area is 96.2 Å². The second-order valence-corrected chi connectivity index (χ2v) is 5.26. The van der Waals surface area contributed by atoms with Crippen LogP contribution in [0.1, 0.15) is 39.5 Å². The van der Waals surface area contributed by atoms with Crippen molar-refractivity contribution in [2.24, 2.45) is 5.41 Å². The van der Waals surface area contributed by atoms with Crippen LogP contribution in [0.2, 0.25) is 0 Å². The maximum atomic E-state index is 5.80. The van der Waals surface area contributed by atoms with Crippen molar-refractivity contribution in [3.63, 3.8) is 0 Å². The lowest BCUT2D eigenvalue weighted by molar-refractivity contribution is 0.0948. The molecule has 4 nitrogen and oxygen atoms in total. The summed E-state index contributed by atoms with van der Waals surface area (Å²) in [5.41, 5.74) is 6.04. The first-order chi connectivity index (χ1) is 7.55. The average Bonchev–Trinajstić information content (AvgIpc) is 2.21. The highest BCUT2D eigenvalue weighted by Gasteiger charge is 2.27. The maximum absolute atomic E-state index is 5.80. The zero-order valence-electron chi connectivity index (χ0n) is 9.94. The number of nitrogen functional groups attached to an aromatic ring is 1. The van der Waals surface area contributed by atoms with E-state index in [0.29, 0.717) is 17.1 Å². The van der Waals surface area contributed by atoms with Crippen molar-refractivity contribution >= 4 is 5.82 Å². The van der Waals surface area contributed by atoms with Crippen molar-refractivity contribution in [2.75, 3.05) is 5.73 Å². The largest absolute Gasteiger partial charge is 0.474 e. The van der Waals surface area contributed by atoms with E-state index in [9.17, 15) is 0 Å². The summed E-state index contributed by atoms with van der Waals surface area (Å²) in [4.78, 5) is 7.90. The highest BCUT2D eigenvalue weighted by molar-refractivity contribution is 5.30. The Bertz CT molecular complexity index is 355. The zero-order chi connectivity index (χ0) is 11.6. The molecule has 0 aliphatic heterocycles. The molecule has 1 aromatic rings. The fraction of sp³-hybridized carbons (Fsp3) is 0.667. The van der Waals surface area contributed by atoms with Crippen molar-refractivity contribution in [1.29, 1.82) is 0 Å². The second-order valence-electron chi connectivity index (χ2n) is 5.26. The van der Waals surface area contributed by atoms with Crippen LogP contribution in [0.3, 0.4) is 0 Å². The number of aromatic nitrogens is 2. The van der Waals surface area contributed by atoms with E-state index in [0.717, 1.165) is 12.8 Å². The molecule has 1 fully saturated rings. The van der Waals surface area contributed by atoms with E-state index in [1.165, 1.54) is 19.2 Å². The van der Waals surface area contributed by atoms with E-state index in [4.69, 9.17) is 10.5 Å². The fourth-order valence-corrected chi connectivity index (χ4v) is 2.08. The fourth-order valence-electron chi connectivity index (χ4n) is 2.08. The van der Waals surface area contributed by atoms with E-state index >= 15 is 0 Å². The van der Waals surface area contributed by atoms with Gasteiger partial charge in [-0.1, -0.05) is 13.8 Å². The molecule has 2 rings (SSSR count). The summed E-state index contributed by atoms with van der Waals surface area (Å²) < 4.78 is 5.80. The number of anilines is 1. The van der Waals surface area contributed by atoms with Crippen LogP contribution in [-0.4, -0.2) is 16.1 Å². The van der Waals surface area contributed by atoms with Crippen LogP contribution in [0.5, 0.6) is 5.88 Å². The van der Waals surface area contributed by atoms with Crippen molar-refractivity contribution < 1.29 is 4.74 Å². The van der Waals surface area contributed by atoms with Gasteiger partial charge >= 0.3 is 0 Å². The molecule has 2 N–H and O–H groups in total. The molecule has 0 radical (unpaired) electrons. The minimum atomic E-state index is 0.280. The van der Waals surface area contributed by atoms with Gasteiger partial charge < -0.3 is 10.5 Å². The van der Waals surface area contributed by atoms with E-state index in [2.05, 4.69) is 23.8 Å². The summed E-state index contributed by atoms with van der Waals surface area (Å²) in [5.74, 6) is 1.05. The minimum Gasteiger partial charge on any atom is -0.474 e. The van der Waals surface area contributed by atoms with Gasteiger partial charge in [0.25, 0.3) is 0 Å². The molecular formula is C12H19N3O. The maximum Gasteiger partial charge on any atom is 0.218 e. The van der Waals surface area contributed by atoms with Gasteiger partial charge in [0.15, 0.2) is 0 Å². The molecule has 88 valence electrons. The molecular weight excluding hydrogens is 202 g/mol. The SMILES string of the molecule is CC1(C)CCC(Oc2cc(N)ncn2)CC1. The van der Waals surface area contributed by atoms with Crippen molar-refractivity contribution in [3.05, 3.63) is 12.4 Å². The lowest BCUT2D eigenvalue weighted by atomic mass is 9.76. The molecule has 0 amide bonds. The Morgan fingerprint density at radius 3 is 2.62 bits per heavy atom. The van der Waals surface area contributed by atoms with Gasteiger partial charge in [-0.2, -0.15) is 0 Å². The van der Waals surface area contributed by atoms with E-state index in [1.807, 2.05) is 0 Å². The predicted molar refractivity (Wildman–Crippen MR) is 63.1 cm³/mol. The van der Waals surface area contributed by atoms with Crippen LogP contribution in [0.15, 0.2) is 12.4 Å². The number of hydrogen-bond acceptors (Lipinski definition) is 4. The number of rotatable bonds is 2. The van der Waals surface area contributed by atoms with Crippen LogP contribution in [-0.2, 0) is 0 Å². The summed E-state index contributed by atoms with van der Waals surface area (Å²) >= 11 is 0. The topological polar surface area (TPSA) is 61.0 Å². The minimum absolute atomic E-state index is 0.280. The molecule has 0 saturated heterocycles. The van der Waals surface area contributed by atoms with E-state index in [1.54, 1.807) is 6.07 Å².